The van der Waals surface area contributed by atoms with Crippen molar-refractivity contribution in [2.45, 2.75) is 59.3 Å². The molecule has 0 aliphatic heterocycles. The molecule has 0 radical (unpaired) electrons. The molecule has 0 aliphatic carbocycles. The minimum absolute atomic E-state index is 0.0184. The molecule has 5 N–H and O–H groups in total. The van der Waals surface area contributed by atoms with Crippen molar-refractivity contribution in [1.82, 2.24) is 0 Å². The number of carboxylic acid groups (broad SMARTS) is 1. The number of rotatable bonds is 8. The van der Waals surface area contributed by atoms with E-state index in [0.717, 1.165) is 17.2 Å². The monoisotopic (exact) mass is 644 g/mol. The maximum absolute atomic E-state index is 11.4. The lowest BCUT2D eigenvalue weighted by Crippen LogP contribution is -2.04. The molecule has 3 aromatic carbocycles. The van der Waals surface area contributed by atoms with E-state index in [0.29, 0.717) is 17.1 Å². The highest BCUT2D eigenvalue weighted by Crippen LogP contribution is 2.35. The van der Waals surface area contributed by atoms with E-state index >= 15 is 0 Å². The molecule has 252 valence electrons. The van der Waals surface area contributed by atoms with Crippen LogP contribution in [0.2, 0.25) is 0 Å². The highest BCUT2D eigenvalue weighted by molar-refractivity contribution is 5.93. The zero-order valence-corrected chi connectivity index (χ0v) is 27.8. The first kappa shape index (κ1) is 38.9. The van der Waals surface area contributed by atoms with E-state index in [-0.39, 0.29) is 57.4 Å². The number of esters is 2. The second-order valence-electron chi connectivity index (χ2n) is 10.9. The molecule has 3 aromatic rings. The van der Waals surface area contributed by atoms with E-state index in [1.54, 1.807) is 6.07 Å². The summed E-state index contributed by atoms with van der Waals surface area (Å²) in [4.78, 5) is 33.4. The summed E-state index contributed by atoms with van der Waals surface area (Å²) in [7, 11) is 5.53. The normalized spacial score (nSPS) is 10.4. The van der Waals surface area contributed by atoms with Gasteiger partial charge in [0, 0.05) is 18.2 Å². The van der Waals surface area contributed by atoms with E-state index in [1.807, 2.05) is 41.5 Å². The average Bonchev–Trinajstić information content (AvgIpc) is 2.99. The highest BCUT2D eigenvalue weighted by Gasteiger charge is 2.19. The Morgan fingerprint density at radius 2 is 0.826 bits per heavy atom. The number of phenols is 4. The molecule has 0 heterocycles. The molecule has 0 unspecified atom stereocenters. The number of aromatic hydroxyl groups is 4. The van der Waals surface area contributed by atoms with Crippen LogP contribution in [0.1, 0.15) is 107 Å². The van der Waals surface area contributed by atoms with E-state index in [4.69, 9.17) is 14.6 Å². The van der Waals surface area contributed by atoms with Crippen LogP contribution in [-0.4, -0.2) is 71.9 Å². The number of carbonyl (C=O) groups is 3. The lowest BCUT2D eigenvalue weighted by molar-refractivity contribution is 0.0588. The summed E-state index contributed by atoms with van der Waals surface area (Å²) in [6.45, 7) is 11.6. The van der Waals surface area contributed by atoms with Crippen molar-refractivity contribution >= 4 is 17.9 Å². The average molecular weight is 645 g/mol. The third-order valence-corrected chi connectivity index (χ3v) is 6.75. The Morgan fingerprint density at radius 1 is 0.500 bits per heavy atom. The summed E-state index contributed by atoms with van der Waals surface area (Å²) in [6.07, 6.45) is 0. The van der Waals surface area contributed by atoms with Crippen LogP contribution in [-0.2, 0) is 9.47 Å². The van der Waals surface area contributed by atoms with Crippen LogP contribution < -0.4 is 9.47 Å². The largest absolute Gasteiger partial charge is 0.508 e. The molecule has 0 atom stereocenters. The molecular weight excluding hydrogens is 600 g/mol. The van der Waals surface area contributed by atoms with Gasteiger partial charge in [-0.05, 0) is 52.6 Å². The first-order chi connectivity index (χ1) is 21.4. The molecule has 0 saturated carbocycles. The van der Waals surface area contributed by atoms with Gasteiger partial charge >= 0.3 is 17.9 Å². The summed E-state index contributed by atoms with van der Waals surface area (Å²) in [5, 5.41) is 46.9. The predicted octanol–water partition coefficient (Wildman–Crippen LogP) is 6.54. The van der Waals surface area contributed by atoms with Crippen molar-refractivity contribution in [3.8, 4) is 34.5 Å². The molecule has 46 heavy (non-hydrogen) atoms. The lowest BCUT2D eigenvalue weighted by Gasteiger charge is -2.14. The number of hydrogen-bond acceptors (Lipinski definition) is 11. The fourth-order valence-electron chi connectivity index (χ4n) is 4.20. The number of aromatic carboxylic acids is 1. The summed E-state index contributed by atoms with van der Waals surface area (Å²) in [5.41, 5.74) is 2.37. The van der Waals surface area contributed by atoms with E-state index in [2.05, 4.69) is 9.47 Å². The van der Waals surface area contributed by atoms with Gasteiger partial charge in [0.2, 0.25) is 0 Å². The van der Waals surface area contributed by atoms with Gasteiger partial charge in [0.15, 0.2) is 0 Å². The standard InChI is InChI=1S/C12H16O4.2C11H14O4/c1-7(2)8-5-9(12(14)16-4)10(13)6-11(8)15-3;1-6(2)7-4-8(11(13)14)9(12)5-10(7)15-3;1-6(2)7-4-8(11(14)15-3)10(13)5-9(7)12/h5-7,13H,1-4H3;4-6,12H,1-3H3,(H,13,14);4-6,12-13H,1-3H3. The number of benzene rings is 3. The van der Waals surface area contributed by atoms with Crippen molar-refractivity contribution in [2.24, 2.45) is 0 Å². The van der Waals surface area contributed by atoms with Crippen LogP contribution in [0.3, 0.4) is 0 Å². The van der Waals surface area contributed by atoms with E-state index in [9.17, 15) is 34.8 Å². The van der Waals surface area contributed by atoms with Crippen molar-refractivity contribution < 1.29 is 58.9 Å². The summed E-state index contributed by atoms with van der Waals surface area (Å²) in [5.74, 6) is -1.54. The number of phenolic OH excluding ortho intramolecular Hbond substituents is 3. The molecule has 0 aliphatic rings. The third kappa shape index (κ3) is 9.94. The molecule has 0 saturated heterocycles. The Morgan fingerprint density at radius 3 is 1.15 bits per heavy atom. The Kier molecular flexibility index (Phi) is 14.7. The van der Waals surface area contributed by atoms with E-state index in [1.165, 1.54) is 52.7 Å². The third-order valence-electron chi connectivity index (χ3n) is 6.75. The summed E-state index contributed by atoms with van der Waals surface area (Å²) < 4.78 is 19.3. The molecule has 0 aromatic heterocycles. The fourth-order valence-corrected chi connectivity index (χ4v) is 4.20. The first-order valence-electron chi connectivity index (χ1n) is 14.2. The molecule has 0 spiro atoms. The van der Waals surface area contributed by atoms with Gasteiger partial charge in [0.05, 0.1) is 28.4 Å². The molecule has 0 amide bonds. The van der Waals surface area contributed by atoms with Crippen molar-refractivity contribution in [2.75, 3.05) is 28.4 Å². The van der Waals surface area contributed by atoms with Gasteiger partial charge in [-0.25, -0.2) is 14.4 Å². The van der Waals surface area contributed by atoms with Gasteiger partial charge in [0.1, 0.15) is 51.2 Å². The molecule has 12 nitrogen and oxygen atoms in total. The Labute approximate surface area is 268 Å². The molecule has 0 fully saturated rings. The number of ether oxygens (including phenoxy) is 4. The lowest BCUT2D eigenvalue weighted by atomic mass is 9.99. The number of hydrogen-bond donors (Lipinski definition) is 5. The maximum Gasteiger partial charge on any atom is 0.341 e. The SMILES string of the molecule is COC(=O)c1cc(C(C)C)c(O)cc1O.COC(=O)c1cc(C(C)C)c(OC)cc1O.COc1cc(O)c(C(=O)O)cc1C(C)C. The van der Waals surface area contributed by atoms with Gasteiger partial charge in [-0.1, -0.05) is 41.5 Å². The van der Waals surface area contributed by atoms with Crippen LogP contribution >= 0.6 is 0 Å². The van der Waals surface area contributed by atoms with Gasteiger partial charge in [-0.3, -0.25) is 0 Å². The summed E-state index contributed by atoms with van der Waals surface area (Å²) in [6, 6.07) is 8.41. The van der Waals surface area contributed by atoms with Crippen LogP contribution in [0.15, 0.2) is 36.4 Å². The number of carboxylic acids is 1. The maximum atomic E-state index is 11.4. The van der Waals surface area contributed by atoms with Crippen molar-refractivity contribution in [3.05, 3.63) is 69.8 Å². The van der Waals surface area contributed by atoms with E-state index < -0.39 is 17.9 Å². The Hall–Kier alpha value is -5.13. The van der Waals surface area contributed by atoms with Gasteiger partial charge in [-0.2, -0.15) is 0 Å². The van der Waals surface area contributed by atoms with Gasteiger partial charge in [0.25, 0.3) is 0 Å². The number of methoxy groups -OCH3 is 4. The zero-order chi connectivity index (χ0) is 35.5. The predicted molar refractivity (Wildman–Crippen MR) is 171 cm³/mol. The Bertz CT molecular complexity index is 1520. The van der Waals surface area contributed by atoms with Crippen LogP contribution in [0.25, 0.3) is 0 Å². The number of carbonyl (C=O) groups excluding carboxylic acids is 2. The second kappa shape index (κ2) is 17.4. The summed E-state index contributed by atoms with van der Waals surface area (Å²) >= 11 is 0. The fraction of sp³-hybridized carbons (Fsp3) is 0.382. The van der Waals surface area contributed by atoms with Crippen LogP contribution in [0, 0.1) is 0 Å². The smallest absolute Gasteiger partial charge is 0.341 e. The molecular formula is C34H44O12. The minimum atomic E-state index is -1.14. The molecule has 3 rings (SSSR count). The highest BCUT2D eigenvalue weighted by atomic mass is 16.5. The second-order valence-corrected chi connectivity index (χ2v) is 10.9. The topological polar surface area (TPSA) is 189 Å². The van der Waals surface area contributed by atoms with Gasteiger partial charge in [-0.15, -0.1) is 0 Å². The minimum Gasteiger partial charge on any atom is -0.508 e. The van der Waals surface area contributed by atoms with Crippen molar-refractivity contribution in [3.63, 3.8) is 0 Å². The van der Waals surface area contributed by atoms with Crippen molar-refractivity contribution in [1.29, 1.82) is 0 Å². The quantitative estimate of drug-likeness (QED) is 0.167. The zero-order valence-electron chi connectivity index (χ0n) is 27.8. The van der Waals surface area contributed by atoms with Crippen LogP contribution in [0.4, 0.5) is 0 Å². The molecule has 12 heteroatoms. The first-order valence-corrected chi connectivity index (χ1v) is 14.2. The Balaban J connectivity index is 0.000000345. The molecule has 0 bridgehead atoms. The van der Waals surface area contributed by atoms with Gasteiger partial charge < -0.3 is 44.5 Å². The van der Waals surface area contributed by atoms with Crippen LogP contribution in [0.5, 0.6) is 34.5 Å².